The van der Waals surface area contributed by atoms with Crippen LogP contribution in [0.4, 0.5) is 0 Å². The van der Waals surface area contributed by atoms with Gasteiger partial charge in [-0.15, -0.1) is 6.42 Å². The lowest BCUT2D eigenvalue weighted by molar-refractivity contribution is -0.129. The lowest BCUT2D eigenvalue weighted by Crippen LogP contribution is -2.35. The van der Waals surface area contributed by atoms with Crippen molar-refractivity contribution >= 4 is 16.9 Å². The summed E-state index contributed by atoms with van der Waals surface area (Å²) in [5.41, 5.74) is 1.96. The molecule has 2 aromatic rings. The van der Waals surface area contributed by atoms with E-state index in [-0.39, 0.29) is 12.0 Å². The van der Waals surface area contributed by atoms with Gasteiger partial charge in [0.05, 0.1) is 17.6 Å². The van der Waals surface area contributed by atoms with Gasteiger partial charge in [0.1, 0.15) is 11.9 Å². The van der Waals surface area contributed by atoms with Gasteiger partial charge >= 0.3 is 0 Å². The third kappa shape index (κ3) is 2.97. The zero-order chi connectivity index (χ0) is 15.4. The molecule has 1 aromatic carbocycles. The molecule has 1 saturated heterocycles. The van der Waals surface area contributed by atoms with Gasteiger partial charge < -0.3 is 14.6 Å². The van der Waals surface area contributed by atoms with Crippen LogP contribution < -0.4 is 5.32 Å². The Labute approximate surface area is 129 Å². The molecule has 1 aliphatic rings. The lowest BCUT2D eigenvalue weighted by Gasteiger charge is -2.10. The normalized spacial score (nSPS) is 17.5. The number of fused-ring (bicyclic) bond motifs is 1. The first-order valence-electron chi connectivity index (χ1n) is 7.56. The third-order valence-electron chi connectivity index (χ3n) is 3.85. The van der Waals surface area contributed by atoms with E-state index in [1.54, 1.807) is 0 Å². The Hall–Kier alpha value is -2.32. The number of carbonyl (C=O) groups is 1. The second kappa shape index (κ2) is 6.63. The van der Waals surface area contributed by atoms with Crippen LogP contribution in [0.25, 0.3) is 11.0 Å². The summed E-state index contributed by atoms with van der Waals surface area (Å²) in [6, 6.07) is 7.91. The van der Waals surface area contributed by atoms with Gasteiger partial charge in [-0.3, -0.25) is 4.79 Å². The molecule has 0 spiro atoms. The molecule has 3 rings (SSSR count). The van der Waals surface area contributed by atoms with E-state index in [0.717, 1.165) is 29.7 Å². The highest BCUT2D eigenvalue weighted by atomic mass is 16.5. The van der Waals surface area contributed by atoms with Crippen molar-refractivity contribution in [3.8, 4) is 12.3 Å². The fourth-order valence-electron chi connectivity index (χ4n) is 2.78. The quantitative estimate of drug-likeness (QED) is 0.851. The zero-order valence-corrected chi connectivity index (χ0v) is 12.4. The predicted octanol–water partition coefficient (Wildman–Crippen LogP) is 1.51. The summed E-state index contributed by atoms with van der Waals surface area (Å²) >= 11 is 0. The fourth-order valence-corrected chi connectivity index (χ4v) is 2.78. The number of benzene rings is 1. The Kier molecular flexibility index (Phi) is 4.40. The maximum absolute atomic E-state index is 11.9. The average molecular weight is 297 g/mol. The van der Waals surface area contributed by atoms with Crippen molar-refractivity contribution in [2.45, 2.75) is 31.9 Å². The second-order valence-corrected chi connectivity index (χ2v) is 5.35. The maximum Gasteiger partial charge on any atom is 0.249 e. The van der Waals surface area contributed by atoms with E-state index in [0.29, 0.717) is 26.1 Å². The number of nitrogens with zero attached hydrogens (tertiary/aromatic N) is 2. The van der Waals surface area contributed by atoms with Crippen molar-refractivity contribution in [1.29, 1.82) is 0 Å². The van der Waals surface area contributed by atoms with E-state index in [1.807, 2.05) is 28.8 Å². The SMILES string of the molecule is C#CCn1c(CCNC(=O)C2CCCO2)nc2ccccc21. The standard InChI is InChI=1S/C17H19N3O2/c1-2-11-20-14-7-4-3-6-13(14)19-16(20)9-10-18-17(21)15-8-5-12-22-15/h1,3-4,6-7,15H,5,8-12H2,(H,18,21). The number of nitrogens with one attached hydrogen (secondary N) is 1. The summed E-state index contributed by atoms with van der Waals surface area (Å²) in [5, 5.41) is 2.92. The highest BCUT2D eigenvalue weighted by molar-refractivity contribution is 5.81. The Morgan fingerprint density at radius 3 is 3.14 bits per heavy atom. The van der Waals surface area contributed by atoms with Gasteiger partial charge in [-0.1, -0.05) is 18.1 Å². The second-order valence-electron chi connectivity index (χ2n) is 5.35. The number of carbonyl (C=O) groups excluding carboxylic acids is 1. The molecule has 1 N–H and O–H groups in total. The van der Waals surface area contributed by atoms with Crippen LogP contribution in [0, 0.1) is 12.3 Å². The van der Waals surface area contributed by atoms with E-state index < -0.39 is 0 Å². The number of para-hydroxylation sites is 2. The molecule has 0 saturated carbocycles. The predicted molar refractivity (Wildman–Crippen MR) is 84.3 cm³/mol. The number of amides is 1. The van der Waals surface area contributed by atoms with Crippen molar-refractivity contribution in [3.63, 3.8) is 0 Å². The summed E-state index contributed by atoms with van der Waals surface area (Å²) in [6.45, 7) is 1.69. The smallest absolute Gasteiger partial charge is 0.249 e. The summed E-state index contributed by atoms with van der Waals surface area (Å²) in [6.07, 6.45) is 7.58. The van der Waals surface area contributed by atoms with Gasteiger partial charge in [-0.2, -0.15) is 0 Å². The highest BCUT2D eigenvalue weighted by Gasteiger charge is 2.23. The molecule has 1 fully saturated rings. The molecule has 0 aliphatic carbocycles. The average Bonchev–Trinajstić information content (AvgIpc) is 3.16. The Morgan fingerprint density at radius 2 is 2.36 bits per heavy atom. The van der Waals surface area contributed by atoms with E-state index in [9.17, 15) is 4.79 Å². The molecule has 1 atom stereocenters. The van der Waals surface area contributed by atoms with Crippen molar-refractivity contribution in [3.05, 3.63) is 30.1 Å². The van der Waals surface area contributed by atoms with Crippen LogP contribution in [-0.4, -0.2) is 34.7 Å². The van der Waals surface area contributed by atoms with Crippen molar-refractivity contribution in [1.82, 2.24) is 14.9 Å². The molecule has 0 radical (unpaired) electrons. The van der Waals surface area contributed by atoms with Crippen molar-refractivity contribution in [2.75, 3.05) is 13.2 Å². The van der Waals surface area contributed by atoms with E-state index in [1.165, 1.54) is 0 Å². The van der Waals surface area contributed by atoms with Crippen LogP contribution in [0.5, 0.6) is 0 Å². The molecule has 5 heteroatoms. The van der Waals surface area contributed by atoms with Gasteiger partial charge in [-0.25, -0.2) is 4.98 Å². The van der Waals surface area contributed by atoms with E-state index in [2.05, 4.69) is 16.2 Å². The Morgan fingerprint density at radius 1 is 1.50 bits per heavy atom. The van der Waals surface area contributed by atoms with Crippen LogP contribution in [0.1, 0.15) is 18.7 Å². The van der Waals surface area contributed by atoms with Crippen LogP contribution in [-0.2, 0) is 22.5 Å². The molecule has 5 nitrogen and oxygen atoms in total. The number of rotatable bonds is 5. The summed E-state index contributed by atoms with van der Waals surface area (Å²) in [7, 11) is 0. The van der Waals surface area contributed by atoms with Crippen LogP contribution in [0.15, 0.2) is 24.3 Å². The third-order valence-corrected chi connectivity index (χ3v) is 3.85. The minimum absolute atomic E-state index is 0.0305. The van der Waals surface area contributed by atoms with Gasteiger partial charge in [0.25, 0.3) is 0 Å². The number of aromatic nitrogens is 2. The lowest BCUT2D eigenvalue weighted by atomic mass is 10.2. The van der Waals surface area contributed by atoms with Gasteiger partial charge in [0.2, 0.25) is 5.91 Å². The largest absolute Gasteiger partial charge is 0.368 e. The minimum atomic E-state index is -0.287. The molecule has 1 aromatic heterocycles. The van der Waals surface area contributed by atoms with Crippen molar-refractivity contribution < 1.29 is 9.53 Å². The van der Waals surface area contributed by atoms with Gasteiger partial charge in [0.15, 0.2) is 0 Å². The van der Waals surface area contributed by atoms with Crippen LogP contribution in [0.3, 0.4) is 0 Å². The molecule has 2 heterocycles. The highest BCUT2D eigenvalue weighted by Crippen LogP contribution is 2.16. The minimum Gasteiger partial charge on any atom is -0.368 e. The topological polar surface area (TPSA) is 56.2 Å². The number of hydrogen-bond donors (Lipinski definition) is 1. The molecule has 0 bridgehead atoms. The molecule has 1 aliphatic heterocycles. The van der Waals surface area contributed by atoms with Crippen LogP contribution in [0.2, 0.25) is 0 Å². The monoisotopic (exact) mass is 297 g/mol. The molecular formula is C17H19N3O2. The summed E-state index contributed by atoms with van der Waals surface area (Å²) < 4.78 is 7.39. The first kappa shape index (κ1) is 14.6. The molecule has 1 unspecified atom stereocenters. The van der Waals surface area contributed by atoms with E-state index >= 15 is 0 Å². The number of hydrogen-bond acceptors (Lipinski definition) is 3. The Balaban J connectivity index is 1.67. The van der Waals surface area contributed by atoms with Crippen molar-refractivity contribution in [2.24, 2.45) is 0 Å². The van der Waals surface area contributed by atoms with Crippen LogP contribution >= 0.6 is 0 Å². The zero-order valence-electron chi connectivity index (χ0n) is 12.4. The molecular weight excluding hydrogens is 278 g/mol. The summed E-state index contributed by atoms with van der Waals surface area (Å²) in [5.74, 6) is 3.53. The number of terminal acetylenes is 1. The number of ether oxygens (including phenoxy) is 1. The Bertz CT molecular complexity index is 708. The van der Waals surface area contributed by atoms with E-state index in [4.69, 9.17) is 11.2 Å². The first-order chi connectivity index (χ1) is 10.8. The first-order valence-corrected chi connectivity index (χ1v) is 7.56. The fraction of sp³-hybridized carbons (Fsp3) is 0.412. The van der Waals surface area contributed by atoms with Gasteiger partial charge in [0, 0.05) is 19.6 Å². The maximum atomic E-state index is 11.9. The van der Waals surface area contributed by atoms with Gasteiger partial charge in [-0.05, 0) is 25.0 Å². The summed E-state index contributed by atoms with van der Waals surface area (Å²) in [4.78, 5) is 16.5. The molecule has 22 heavy (non-hydrogen) atoms. The number of imidazole rings is 1. The molecule has 114 valence electrons. The molecule has 1 amide bonds.